The molecule has 0 spiro atoms. The largest absolute Gasteiger partial charge is 0.333 e. The van der Waals surface area contributed by atoms with Crippen molar-refractivity contribution in [2.45, 2.75) is 58.2 Å². The number of nitrogens with one attached hydrogen (secondary N) is 1. The van der Waals surface area contributed by atoms with Gasteiger partial charge in [0.15, 0.2) is 0 Å². The molecule has 1 N–H and O–H groups in total. The molecule has 3 rings (SSSR count). The summed E-state index contributed by atoms with van der Waals surface area (Å²) in [5.41, 5.74) is 1.36. The molecule has 0 saturated carbocycles. The van der Waals surface area contributed by atoms with E-state index in [4.69, 9.17) is 0 Å². The fourth-order valence-corrected chi connectivity index (χ4v) is 4.31. The third kappa shape index (κ3) is 3.63. The number of piperidine rings is 1. The van der Waals surface area contributed by atoms with Crippen molar-refractivity contribution in [3.8, 4) is 0 Å². The smallest absolute Gasteiger partial charge is 0.317 e. The van der Waals surface area contributed by atoms with Crippen LogP contribution in [0.1, 0.15) is 44.1 Å². The number of nitrogens with zero attached hydrogens (tertiary/aromatic N) is 2. The van der Waals surface area contributed by atoms with Crippen LogP contribution in [-0.4, -0.2) is 47.0 Å². The molecule has 0 radical (unpaired) electrons. The fraction of sp³-hybridized carbons (Fsp3) is 0.706. The molecule has 0 atom stereocenters. The van der Waals surface area contributed by atoms with Gasteiger partial charge in [-0.05, 0) is 57.0 Å². The van der Waals surface area contributed by atoms with Crippen LogP contribution in [0.3, 0.4) is 0 Å². The van der Waals surface area contributed by atoms with E-state index in [2.05, 4.69) is 21.7 Å². The highest BCUT2D eigenvalue weighted by molar-refractivity contribution is 7.10. The number of hydrogen-bond acceptors (Lipinski definition) is 3. The van der Waals surface area contributed by atoms with Gasteiger partial charge in [0.05, 0.1) is 0 Å². The molecule has 5 heteroatoms. The Morgan fingerprint density at radius 3 is 2.68 bits per heavy atom. The Labute approximate surface area is 137 Å². The number of carbonyl (C=O) groups is 1. The maximum absolute atomic E-state index is 12.2. The van der Waals surface area contributed by atoms with Crippen molar-refractivity contribution in [1.82, 2.24) is 15.1 Å². The third-order valence-corrected chi connectivity index (χ3v) is 5.61. The van der Waals surface area contributed by atoms with E-state index in [-0.39, 0.29) is 11.6 Å². The lowest BCUT2D eigenvalue weighted by atomic mass is 9.99. The van der Waals surface area contributed by atoms with Gasteiger partial charge >= 0.3 is 6.03 Å². The quantitative estimate of drug-likeness (QED) is 0.863. The van der Waals surface area contributed by atoms with Crippen LogP contribution in [0.4, 0.5) is 4.79 Å². The maximum Gasteiger partial charge on any atom is 0.317 e. The van der Waals surface area contributed by atoms with E-state index in [0.29, 0.717) is 6.04 Å². The van der Waals surface area contributed by atoms with Gasteiger partial charge in [0.2, 0.25) is 0 Å². The Balaban J connectivity index is 1.51. The van der Waals surface area contributed by atoms with Crippen molar-refractivity contribution in [3.63, 3.8) is 0 Å². The molecule has 1 aromatic heterocycles. The van der Waals surface area contributed by atoms with Gasteiger partial charge in [-0.3, -0.25) is 4.90 Å². The average molecular weight is 321 g/mol. The highest BCUT2D eigenvalue weighted by atomic mass is 32.1. The molecule has 2 aliphatic heterocycles. The number of urea groups is 1. The minimum absolute atomic E-state index is 0.0877. The summed E-state index contributed by atoms with van der Waals surface area (Å²) < 4.78 is 0. The van der Waals surface area contributed by atoms with E-state index in [0.717, 1.165) is 32.5 Å². The Morgan fingerprint density at radius 1 is 1.27 bits per heavy atom. The molecule has 0 bridgehead atoms. The minimum atomic E-state index is -0.157. The second-order valence-corrected chi connectivity index (χ2v) is 8.49. The molecule has 2 amide bonds. The Hall–Kier alpha value is -1.07. The number of amides is 2. The lowest BCUT2D eigenvalue weighted by molar-refractivity contribution is 0.106. The average Bonchev–Trinajstić information content (AvgIpc) is 2.93. The predicted octanol–water partition coefficient (Wildman–Crippen LogP) is 3.08. The van der Waals surface area contributed by atoms with E-state index >= 15 is 0 Å². The third-order valence-electron chi connectivity index (χ3n) is 4.59. The van der Waals surface area contributed by atoms with Crippen LogP contribution in [0.2, 0.25) is 0 Å². The van der Waals surface area contributed by atoms with Crippen LogP contribution < -0.4 is 5.32 Å². The molecule has 122 valence electrons. The number of carbonyl (C=O) groups excluding carboxylic acids is 1. The molecule has 3 heterocycles. The Bertz CT molecular complexity index is 526. The molecule has 1 fully saturated rings. The fourth-order valence-electron chi connectivity index (χ4n) is 3.42. The highest BCUT2D eigenvalue weighted by Gasteiger charge is 2.30. The summed E-state index contributed by atoms with van der Waals surface area (Å²) in [6.45, 7) is 10.1. The highest BCUT2D eigenvalue weighted by Crippen LogP contribution is 2.28. The van der Waals surface area contributed by atoms with Gasteiger partial charge < -0.3 is 10.2 Å². The van der Waals surface area contributed by atoms with Gasteiger partial charge in [-0.25, -0.2) is 4.79 Å². The molecule has 2 aliphatic rings. The summed E-state index contributed by atoms with van der Waals surface area (Å²) in [6.07, 6.45) is 3.38. The van der Waals surface area contributed by atoms with Gasteiger partial charge in [-0.15, -0.1) is 11.3 Å². The van der Waals surface area contributed by atoms with Crippen LogP contribution >= 0.6 is 11.3 Å². The van der Waals surface area contributed by atoms with Gasteiger partial charge in [0, 0.05) is 42.6 Å². The van der Waals surface area contributed by atoms with Crippen molar-refractivity contribution < 1.29 is 4.79 Å². The zero-order valence-electron chi connectivity index (χ0n) is 13.9. The molecular weight excluding hydrogens is 294 g/mol. The predicted molar refractivity (Wildman–Crippen MR) is 91.3 cm³/mol. The normalized spacial score (nSPS) is 20.8. The van der Waals surface area contributed by atoms with E-state index in [9.17, 15) is 4.79 Å². The van der Waals surface area contributed by atoms with Crippen molar-refractivity contribution in [3.05, 3.63) is 21.9 Å². The summed E-state index contributed by atoms with van der Waals surface area (Å²) in [4.78, 5) is 18.4. The second-order valence-electron chi connectivity index (χ2n) is 7.49. The van der Waals surface area contributed by atoms with Crippen LogP contribution in [0.15, 0.2) is 11.4 Å². The van der Waals surface area contributed by atoms with Crippen molar-refractivity contribution >= 4 is 17.4 Å². The first kappa shape index (κ1) is 15.8. The Morgan fingerprint density at radius 2 is 2.00 bits per heavy atom. The van der Waals surface area contributed by atoms with Crippen LogP contribution in [0, 0.1) is 0 Å². The molecule has 0 unspecified atom stereocenters. The topological polar surface area (TPSA) is 35.6 Å². The summed E-state index contributed by atoms with van der Waals surface area (Å²) in [5, 5.41) is 5.28. The first-order valence-electron chi connectivity index (χ1n) is 8.29. The van der Waals surface area contributed by atoms with Gasteiger partial charge in [0.1, 0.15) is 0 Å². The standard InChI is InChI=1S/C17H27N3OS/c1-17(2,3)18-16(21)19-8-4-14(5-9-19)20-10-6-15-13(12-20)7-11-22-15/h7,11,14H,4-6,8-10,12H2,1-3H3,(H,18,21). The van der Waals surface area contributed by atoms with E-state index < -0.39 is 0 Å². The number of fused-ring (bicyclic) bond motifs is 1. The number of rotatable bonds is 1. The van der Waals surface area contributed by atoms with Crippen LogP contribution in [0.25, 0.3) is 0 Å². The van der Waals surface area contributed by atoms with E-state index in [1.807, 2.05) is 37.0 Å². The molecule has 0 aliphatic carbocycles. The number of thiophene rings is 1. The molecule has 4 nitrogen and oxygen atoms in total. The van der Waals surface area contributed by atoms with Crippen molar-refractivity contribution in [2.24, 2.45) is 0 Å². The SMILES string of the molecule is CC(C)(C)NC(=O)N1CCC(N2CCc3sccc3C2)CC1. The minimum Gasteiger partial charge on any atom is -0.333 e. The second kappa shape index (κ2) is 6.20. The van der Waals surface area contributed by atoms with Gasteiger partial charge in [-0.1, -0.05) is 0 Å². The van der Waals surface area contributed by atoms with E-state index in [1.54, 1.807) is 4.88 Å². The lowest BCUT2D eigenvalue weighted by Crippen LogP contribution is -2.53. The van der Waals surface area contributed by atoms with Crippen molar-refractivity contribution in [1.29, 1.82) is 0 Å². The molecule has 1 saturated heterocycles. The zero-order chi connectivity index (χ0) is 15.7. The molecule has 0 aromatic carbocycles. The molecular formula is C17H27N3OS. The summed E-state index contributed by atoms with van der Waals surface area (Å²) in [7, 11) is 0. The van der Waals surface area contributed by atoms with Crippen LogP contribution in [-0.2, 0) is 13.0 Å². The van der Waals surface area contributed by atoms with Gasteiger partial charge in [0.25, 0.3) is 0 Å². The Kier molecular flexibility index (Phi) is 4.46. The number of likely N-dealkylation sites (tertiary alicyclic amines) is 1. The van der Waals surface area contributed by atoms with Crippen molar-refractivity contribution in [2.75, 3.05) is 19.6 Å². The lowest BCUT2D eigenvalue weighted by Gasteiger charge is -2.40. The molecule has 22 heavy (non-hydrogen) atoms. The number of hydrogen-bond donors (Lipinski definition) is 1. The first-order valence-corrected chi connectivity index (χ1v) is 9.17. The monoisotopic (exact) mass is 321 g/mol. The summed E-state index contributed by atoms with van der Waals surface area (Å²) >= 11 is 1.90. The van der Waals surface area contributed by atoms with Crippen LogP contribution in [0.5, 0.6) is 0 Å². The maximum atomic E-state index is 12.2. The van der Waals surface area contributed by atoms with E-state index in [1.165, 1.54) is 18.5 Å². The summed E-state index contributed by atoms with van der Waals surface area (Å²) in [5.74, 6) is 0. The first-order chi connectivity index (χ1) is 10.4. The zero-order valence-corrected chi connectivity index (χ0v) is 14.7. The molecule has 1 aromatic rings. The summed E-state index contributed by atoms with van der Waals surface area (Å²) in [6, 6.07) is 2.99. The van der Waals surface area contributed by atoms with Gasteiger partial charge in [-0.2, -0.15) is 0 Å².